The highest BCUT2D eigenvalue weighted by Crippen LogP contribution is 2.42. The molecule has 6 nitrogen and oxygen atoms in total. The summed E-state index contributed by atoms with van der Waals surface area (Å²) >= 11 is 1.10. The molecule has 2 rings (SSSR count). The third-order valence-corrected chi connectivity index (χ3v) is 6.76. The van der Waals surface area contributed by atoms with Crippen LogP contribution in [0.15, 0.2) is 0 Å². The second kappa shape index (κ2) is 4.84. The number of nitrogens with one attached hydrogen (secondary N) is 1. The fourth-order valence-corrected chi connectivity index (χ4v) is 3.93. The van der Waals surface area contributed by atoms with Crippen molar-refractivity contribution >= 4 is 27.3 Å². The Morgan fingerprint density at radius 2 is 2.16 bits per heavy atom. The molecule has 0 aromatic carbocycles. The van der Waals surface area contributed by atoms with Crippen LogP contribution in [0.5, 0.6) is 0 Å². The molecular formula is C11H16N2O4S2. The number of sulfonamides is 1. The first kappa shape index (κ1) is 14.4. The van der Waals surface area contributed by atoms with Gasteiger partial charge in [-0.25, -0.2) is 22.9 Å². The fraction of sp³-hybridized carbons (Fsp3) is 0.636. The van der Waals surface area contributed by atoms with Gasteiger partial charge in [-0.1, -0.05) is 0 Å². The topological polar surface area (TPSA) is 96.4 Å². The fourth-order valence-electron chi connectivity index (χ4n) is 1.67. The lowest BCUT2D eigenvalue weighted by Gasteiger charge is -2.10. The molecule has 0 saturated heterocycles. The van der Waals surface area contributed by atoms with Crippen molar-refractivity contribution in [2.45, 2.75) is 37.9 Å². The third-order valence-electron chi connectivity index (χ3n) is 3.27. The maximum atomic E-state index is 11.9. The highest BCUT2D eigenvalue weighted by molar-refractivity contribution is 7.91. The molecule has 0 aliphatic heterocycles. The summed E-state index contributed by atoms with van der Waals surface area (Å²) in [6.45, 7) is 3.62. The van der Waals surface area contributed by atoms with Crippen LogP contribution in [-0.2, 0) is 16.4 Å². The van der Waals surface area contributed by atoms with Crippen LogP contribution in [0.3, 0.4) is 0 Å². The predicted octanol–water partition coefficient (Wildman–Crippen LogP) is 1.16. The number of rotatable bonds is 6. The second-order valence-corrected chi connectivity index (χ2v) is 8.29. The summed E-state index contributed by atoms with van der Waals surface area (Å²) in [5.41, 5.74) is 0.476. The SMILES string of the molecule is Cc1nc(CCNS(=O)(=O)C2(C)CC2)sc1C(=O)O. The number of nitrogens with zero attached hydrogens (tertiary/aromatic N) is 1. The Morgan fingerprint density at radius 3 is 2.63 bits per heavy atom. The van der Waals surface area contributed by atoms with Gasteiger partial charge in [0.2, 0.25) is 10.0 Å². The third kappa shape index (κ3) is 2.96. The van der Waals surface area contributed by atoms with Crippen LogP contribution in [0.4, 0.5) is 0 Å². The first-order chi connectivity index (χ1) is 8.75. The molecule has 1 aliphatic carbocycles. The molecule has 0 spiro atoms. The number of aryl methyl sites for hydroxylation is 1. The summed E-state index contributed by atoms with van der Waals surface area (Å²) in [7, 11) is -3.27. The first-order valence-electron chi connectivity index (χ1n) is 5.94. The van der Waals surface area contributed by atoms with Crippen molar-refractivity contribution < 1.29 is 18.3 Å². The zero-order valence-electron chi connectivity index (χ0n) is 10.8. The van der Waals surface area contributed by atoms with Crippen molar-refractivity contribution in [1.82, 2.24) is 9.71 Å². The molecule has 19 heavy (non-hydrogen) atoms. The van der Waals surface area contributed by atoms with Gasteiger partial charge in [-0.15, -0.1) is 11.3 Å². The Morgan fingerprint density at radius 1 is 1.53 bits per heavy atom. The minimum absolute atomic E-state index is 0.215. The molecule has 0 unspecified atom stereocenters. The number of carbonyl (C=O) groups is 1. The van der Waals surface area contributed by atoms with E-state index in [0.717, 1.165) is 11.3 Å². The van der Waals surface area contributed by atoms with Gasteiger partial charge in [-0.05, 0) is 26.7 Å². The van der Waals surface area contributed by atoms with Crippen LogP contribution in [0.1, 0.15) is 40.1 Å². The Balaban J connectivity index is 1.93. The molecule has 1 aromatic heterocycles. The minimum Gasteiger partial charge on any atom is -0.477 e. The van der Waals surface area contributed by atoms with E-state index in [1.165, 1.54) is 0 Å². The van der Waals surface area contributed by atoms with Gasteiger partial charge in [-0.2, -0.15) is 0 Å². The smallest absolute Gasteiger partial charge is 0.347 e. The quantitative estimate of drug-likeness (QED) is 0.822. The summed E-state index contributed by atoms with van der Waals surface area (Å²) in [4.78, 5) is 15.2. The van der Waals surface area contributed by atoms with Gasteiger partial charge in [0.25, 0.3) is 0 Å². The number of hydrogen-bond acceptors (Lipinski definition) is 5. The maximum absolute atomic E-state index is 11.9. The van der Waals surface area contributed by atoms with Crippen LogP contribution in [-0.4, -0.2) is 35.8 Å². The van der Waals surface area contributed by atoms with Gasteiger partial charge >= 0.3 is 5.97 Å². The van der Waals surface area contributed by atoms with Crippen molar-refractivity contribution in [2.75, 3.05) is 6.54 Å². The molecule has 1 fully saturated rings. The van der Waals surface area contributed by atoms with Crippen molar-refractivity contribution in [3.63, 3.8) is 0 Å². The molecule has 1 aliphatic rings. The van der Waals surface area contributed by atoms with E-state index < -0.39 is 20.7 Å². The molecule has 2 N–H and O–H groups in total. The van der Waals surface area contributed by atoms with Crippen LogP contribution in [0.25, 0.3) is 0 Å². The number of carboxylic acid groups (broad SMARTS) is 1. The summed E-state index contributed by atoms with van der Waals surface area (Å²) in [5.74, 6) is -0.993. The van der Waals surface area contributed by atoms with Crippen LogP contribution in [0, 0.1) is 6.92 Å². The summed E-state index contributed by atoms with van der Waals surface area (Å²) in [6, 6.07) is 0. The molecule has 0 bridgehead atoms. The first-order valence-corrected chi connectivity index (χ1v) is 8.24. The van der Waals surface area contributed by atoms with Gasteiger partial charge in [0.15, 0.2) is 0 Å². The van der Waals surface area contributed by atoms with Crippen LogP contribution in [0.2, 0.25) is 0 Å². The zero-order chi connectivity index (χ0) is 14.3. The number of aromatic carboxylic acids is 1. The Kier molecular flexibility index (Phi) is 3.67. The number of hydrogen-bond donors (Lipinski definition) is 2. The molecule has 1 aromatic rings. The maximum Gasteiger partial charge on any atom is 0.347 e. The highest BCUT2D eigenvalue weighted by atomic mass is 32.2. The molecule has 1 heterocycles. The van der Waals surface area contributed by atoms with E-state index in [1.807, 2.05) is 0 Å². The minimum atomic E-state index is -3.27. The van der Waals surface area contributed by atoms with E-state index in [0.29, 0.717) is 30.0 Å². The van der Waals surface area contributed by atoms with Crippen LogP contribution < -0.4 is 4.72 Å². The number of carboxylic acids is 1. The number of aromatic nitrogens is 1. The van der Waals surface area contributed by atoms with Gasteiger partial charge in [-0.3, -0.25) is 0 Å². The average Bonchev–Trinajstić information content (AvgIpc) is 2.94. The van der Waals surface area contributed by atoms with Crippen molar-refractivity contribution in [3.05, 3.63) is 15.6 Å². The zero-order valence-corrected chi connectivity index (χ0v) is 12.4. The van der Waals surface area contributed by atoms with Crippen molar-refractivity contribution in [3.8, 4) is 0 Å². The van der Waals surface area contributed by atoms with Crippen molar-refractivity contribution in [2.24, 2.45) is 0 Å². The largest absolute Gasteiger partial charge is 0.477 e. The van der Waals surface area contributed by atoms with Gasteiger partial charge in [0.1, 0.15) is 4.88 Å². The van der Waals surface area contributed by atoms with Gasteiger partial charge in [0.05, 0.1) is 15.4 Å². The summed E-state index contributed by atoms with van der Waals surface area (Å²) < 4.78 is 25.7. The van der Waals surface area contributed by atoms with Crippen molar-refractivity contribution in [1.29, 1.82) is 0 Å². The molecule has 8 heteroatoms. The van der Waals surface area contributed by atoms with Crippen LogP contribution >= 0.6 is 11.3 Å². The van der Waals surface area contributed by atoms with E-state index in [2.05, 4.69) is 9.71 Å². The Hall–Kier alpha value is -0.990. The van der Waals surface area contributed by atoms with E-state index in [1.54, 1.807) is 13.8 Å². The lowest BCUT2D eigenvalue weighted by Crippen LogP contribution is -2.35. The Labute approximate surface area is 115 Å². The monoisotopic (exact) mass is 304 g/mol. The van der Waals surface area contributed by atoms with E-state index in [4.69, 9.17) is 5.11 Å². The summed E-state index contributed by atoms with van der Waals surface area (Å²) in [6.07, 6.45) is 1.80. The Bertz CT molecular complexity index is 602. The van der Waals surface area contributed by atoms with E-state index >= 15 is 0 Å². The summed E-state index contributed by atoms with van der Waals surface area (Å²) in [5, 5.41) is 9.55. The average molecular weight is 304 g/mol. The molecule has 1 saturated carbocycles. The van der Waals surface area contributed by atoms with Gasteiger partial charge in [0, 0.05) is 13.0 Å². The molecule has 0 amide bonds. The molecule has 106 valence electrons. The normalized spacial score (nSPS) is 17.4. The standard InChI is InChI=1S/C11H16N2O4S2/c1-7-9(10(14)15)18-8(13-7)3-6-12-19(16,17)11(2)4-5-11/h12H,3-6H2,1-2H3,(H,14,15). The lowest BCUT2D eigenvalue weighted by atomic mass is 10.4. The van der Waals surface area contributed by atoms with E-state index in [9.17, 15) is 13.2 Å². The molecule has 0 radical (unpaired) electrons. The highest BCUT2D eigenvalue weighted by Gasteiger charge is 2.49. The number of thiazole rings is 1. The lowest BCUT2D eigenvalue weighted by molar-refractivity contribution is 0.0701. The predicted molar refractivity (Wildman–Crippen MR) is 72.1 cm³/mol. The molecular weight excluding hydrogens is 288 g/mol. The molecule has 0 atom stereocenters. The van der Waals surface area contributed by atoms with E-state index in [-0.39, 0.29) is 11.4 Å². The van der Waals surface area contributed by atoms with Gasteiger partial charge < -0.3 is 5.11 Å². The second-order valence-electron chi connectivity index (χ2n) is 4.92.